The van der Waals surface area contributed by atoms with Crippen LogP contribution in [0, 0.1) is 18.3 Å². The molecular formula is C15H19N3O4. The number of hydrogen-bond acceptors (Lipinski definition) is 6. The molecule has 1 aromatic carbocycles. The molecule has 0 aromatic heterocycles. The number of nitrogens with zero attached hydrogens (tertiary/aromatic N) is 2. The van der Waals surface area contributed by atoms with Crippen molar-refractivity contribution in [3.63, 3.8) is 0 Å². The third-order valence-corrected chi connectivity index (χ3v) is 2.90. The molecule has 0 heterocycles. The summed E-state index contributed by atoms with van der Waals surface area (Å²) in [5.41, 5.74) is 1.05. The van der Waals surface area contributed by atoms with Crippen molar-refractivity contribution < 1.29 is 20.1 Å². The number of carbonyl (C=O) groups excluding carboxylic acids is 1. The van der Waals surface area contributed by atoms with Gasteiger partial charge in [0, 0.05) is 19.3 Å². The van der Waals surface area contributed by atoms with Gasteiger partial charge in [-0.3, -0.25) is 4.79 Å². The van der Waals surface area contributed by atoms with Crippen LogP contribution in [0.1, 0.15) is 5.56 Å². The van der Waals surface area contributed by atoms with Gasteiger partial charge in [0.2, 0.25) is 0 Å². The van der Waals surface area contributed by atoms with Crippen molar-refractivity contribution in [1.82, 2.24) is 4.90 Å². The van der Waals surface area contributed by atoms with E-state index in [1.807, 2.05) is 6.92 Å². The number of hydrogen-bond donors (Lipinski definition) is 4. The summed E-state index contributed by atoms with van der Waals surface area (Å²) in [5, 5.41) is 39.4. The fraction of sp³-hybridized carbons (Fsp3) is 0.333. The van der Waals surface area contributed by atoms with Crippen molar-refractivity contribution in [3.8, 4) is 11.8 Å². The van der Waals surface area contributed by atoms with Crippen LogP contribution in [0.15, 0.2) is 30.0 Å². The first-order valence-corrected chi connectivity index (χ1v) is 6.71. The topological polar surface area (TPSA) is 117 Å². The summed E-state index contributed by atoms with van der Waals surface area (Å²) >= 11 is 0. The molecule has 0 aliphatic rings. The second-order valence-electron chi connectivity index (χ2n) is 4.57. The lowest BCUT2D eigenvalue weighted by Crippen LogP contribution is -2.36. The fourth-order valence-electron chi connectivity index (χ4n) is 1.78. The molecular weight excluding hydrogens is 286 g/mol. The molecule has 0 fully saturated rings. The van der Waals surface area contributed by atoms with Crippen molar-refractivity contribution in [1.29, 1.82) is 5.26 Å². The number of aliphatic hydroxyl groups is 2. The molecule has 1 rings (SSSR count). The summed E-state index contributed by atoms with van der Waals surface area (Å²) in [6, 6.07) is 6.71. The Labute approximate surface area is 128 Å². The number of anilines is 1. The number of nitriles is 1. The fourth-order valence-corrected chi connectivity index (χ4v) is 1.78. The Morgan fingerprint density at radius 3 is 2.50 bits per heavy atom. The molecule has 0 saturated heterocycles. The highest BCUT2D eigenvalue weighted by Crippen LogP contribution is 2.24. The molecule has 1 amide bonds. The van der Waals surface area contributed by atoms with E-state index in [1.165, 1.54) is 11.1 Å². The van der Waals surface area contributed by atoms with Crippen LogP contribution in [0.2, 0.25) is 0 Å². The Bertz CT molecular complexity index is 587. The molecule has 4 N–H and O–H groups in total. The molecule has 0 radical (unpaired) electrons. The average Bonchev–Trinajstić information content (AvgIpc) is 2.49. The van der Waals surface area contributed by atoms with E-state index in [-0.39, 0.29) is 37.6 Å². The van der Waals surface area contributed by atoms with Gasteiger partial charge < -0.3 is 25.5 Å². The number of phenols is 1. The SMILES string of the molecule is Cc1ccc(N/C=C(/C#N)C(=O)N(CCO)CCO)c(O)c1. The van der Waals surface area contributed by atoms with E-state index >= 15 is 0 Å². The predicted molar refractivity (Wildman–Crippen MR) is 80.9 cm³/mol. The van der Waals surface area contributed by atoms with Crippen LogP contribution >= 0.6 is 0 Å². The zero-order valence-electron chi connectivity index (χ0n) is 12.3. The minimum atomic E-state index is -0.607. The summed E-state index contributed by atoms with van der Waals surface area (Å²) < 4.78 is 0. The lowest BCUT2D eigenvalue weighted by molar-refractivity contribution is -0.127. The minimum absolute atomic E-state index is 0.00330. The summed E-state index contributed by atoms with van der Waals surface area (Å²) in [5.74, 6) is -0.603. The van der Waals surface area contributed by atoms with Crippen molar-refractivity contribution in [2.45, 2.75) is 6.92 Å². The first-order valence-electron chi connectivity index (χ1n) is 6.71. The van der Waals surface area contributed by atoms with Crippen molar-refractivity contribution in [3.05, 3.63) is 35.5 Å². The zero-order valence-corrected chi connectivity index (χ0v) is 12.3. The summed E-state index contributed by atoms with van der Waals surface area (Å²) in [6.07, 6.45) is 1.19. The van der Waals surface area contributed by atoms with E-state index in [0.29, 0.717) is 5.69 Å². The third-order valence-electron chi connectivity index (χ3n) is 2.90. The summed E-state index contributed by atoms with van der Waals surface area (Å²) in [7, 11) is 0. The van der Waals surface area contributed by atoms with Gasteiger partial charge in [-0.05, 0) is 24.6 Å². The Hall–Kier alpha value is -2.56. The standard InChI is InChI=1S/C15H19N3O4/c1-11-2-3-13(14(21)8-11)17-10-12(9-16)15(22)18(4-6-19)5-7-20/h2-3,8,10,17,19-21H,4-7H2,1H3/b12-10-. The largest absolute Gasteiger partial charge is 0.506 e. The van der Waals surface area contributed by atoms with Crippen LogP contribution in [0.4, 0.5) is 5.69 Å². The molecule has 0 atom stereocenters. The van der Waals surface area contributed by atoms with Gasteiger partial charge in [0.05, 0.1) is 18.9 Å². The number of aromatic hydroxyl groups is 1. The molecule has 0 saturated carbocycles. The highest BCUT2D eigenvalue weighted by molar-refractivity contribution is 5.97. The monoisotopic (exact) mass is 305 g/mol. The maximum atomic E-state index is 12.1. The summed E-state index contributed by atoms with van der Waals surface area (Å²) in [6.45, 7) is 1.33. The lowest BCUT2D eigenvalue weighted by atomic mass is 10.2. The molecule has 22 heavy (non-hydrogen) atoms. The lowest BCUT2D eigenvalue weighted by Gasteiger charge is -2.20. The Kier molecular flexibility index (Phi) is 6.89. The van der Waals surface area contributed by atoms with Crippen LogP contribution in [0.25, 0.3) is 0 Å². The van der Waals surface area contributed by atoms with E-state index in [1.54, 1.807) is 24.3 Å². The molecule has 7 heteroatoms. The molecule has 1 aromatic rings. The quantitative estimate of drug-likeness (QED) is 0.328. The van der Waals surface area contributed by atoms with Gasteiger partial charge in [-0.2, -0.15) is 5.26 Å². The first kappa shape index (κ1) is 17.5. The third kappa shape index (κ3) is 4.77. The first-order chi connectivity index (χ1) is 10.5. The Balaban J connectivity index is 2.89. The van der Waals surface area contributed by atoms with Crippen LogP contribution in [-0.4, -0.2) is 52.4 Å². The van der Waals surface area contributed by atoms with Gasteiger partial charge in [-0.15, -0.1) is 0 Å². The van der Waals surface area contributed by atoms with Crippen LogP contribution < -0.4 is 5.32 Å². The normalized spacial score (nSPS) is 10.9. The number of benzene rings is 1. The molecule has 0 spiro atoms. The van der Waals surface area contributed by atoms with Crippen LogP contribution in [0.5, 0.6) is 5.75 Å². The molecule has 0 bridgehead atoms. The number of rotatable bonds is 7. The van der Waals surface area contributed by atoms with Gasteiger partial charge in [0.1, 0.15) is 17.4 Å². The van der Waals surface area contributed by atoms with Gasteiger partial charge in [-0.25, -0.2) is 0 Å². The van der Waals surface area contributed by atoms with Crippen LogP contribution in [-0.2, 0) is 4.79 Å². The molecule has 7 nitrogen and oxygen atoms in total. The van der Waals surface area contributed by atoms with Gasteiger partial charge >= 0.3 is 0 Å². The highest BCUT2D eigenvalue weighted by Gasteiger charge is 2.17. The smallest absolute Gasteiger partial charge is 0.266 e. The number of carbonyl (C=O) groups is 1. The van der Waals surface area contributed by atoms with E-state index in [9.17, 15) is 9.90 Å². The number of amides is 1. The predicted octanol–water partition coefficient (Wildman–Crippen LogP) is 0.333. The molecule has 118 valence electrons. The minimum Gasteiger partial charge on any atom is -0.506 e. The Morgan fingerprint density at radius 1 is 1.36 bits per heavy atom. The van der Waals surface area contributed by atoms with E-state index < -0.39 is 5.91 Å². The Morgan fingerprint density at radius 2 is 2.00 bits per heavy atom. The van der Waals surface area contributed by atoms with Gasteiger partial charge in [0.25, 0.3) is 5.91 Å². The van der Waals surface area contributed by atoms with E-state index in [4.69, 9.17) is 15.5 Å². The molecule has 0 aliphatic carbocycles. The molecule has 0 aliphatic heterocycles. The van der Waals surface area contributed by atoms with Gasteiger partial charge in [0.15, 0.2) is 0 Å². The number of aryl methyl sites for hydroxylation is 1. The summed E-state index contributed by atoms with van der Waals surface area (Å²) in [4.78, 5) is 13.3. The van der Waals surface area contributed by atoms with Crippen LogP contribution in [0.3, 0.4) is 0 Å². The average molecular weight is 305 g/mol. The molecule has 0 unspecified atom stereocenters. The zero-order chi connectivity index (χ0) is 16.5. The number of nitrogens with one attached hydrogen (secondary N) is 1. The van der Waals surface area contributed by atoms with Crippen molar-refractivity contribution >= 4 is 11.6 Å². The second-order valence-corrected chi connectivity index (χ2v) is 4.57. The highest BCUT2D eigenvalue weighted by atomic mass is 16.3. The maximum absolute atomic E-state index is 12.1. The second kappa shape index (κ2) is 8.67. The van der Waals surface area contributed by atoms with E-state index in [2.05, 4.69) is 5.32 Å². The maximum Gasteiger partial charge on any atom is 0.266 e. The van der Waals surface area contributed by atoms with Crippen molar-refractivity contribution in [2.24, 2.45) is 0 Å². The number of phenolic OH excluding ortho intramolecular Hbond substituents is 1. The number of aliphatic hydroxyl groups excluding tert-OH is 2. The van der Waals surface area contributed by atoms with Crippen molar-refractivity contribution in [2.75, 3.05) is 31.6 Å². The van der Waals surface area contributed by atoms with E-state index in [0.717, 1.165) is 5.56 Å². The van der Waals surface area contributed by atoms with Gasteiger partial charge in [-0.1, -0.05) is 6.07 Å².